The zero-order valence-electron chi connectivity index (χ0n) is 8.86. The molecule has 0 aliphatic carbocycles. The van der Waals surface area contributed by atoms with Crippen LogP contribution in [0.25, 0.3) is 0 Å². The first-order valence-electron chi connectivity index (χ1n) is 4.93. The van der Waals surface area contributed by atoms with Crippen LogP contribution in [0.3, 0.4) is 0 Å². The Hall–Kier alpha value is -0.710. The van der Waals surface area contributed by atoms with E-state index in [1.807, 2.05) is 30.3 Å². The molecule has 1 heterocycles. The summed E-state index contributed by atoms with van der Waals surface area (Å²) in [7, 11) is 0. The SMILES string of the molecule is Nc1ccc(CSc2ccc(Cl)cn2)c(Br)c1. The third-order valence-electron chi connectivity index (χ3n) is 2.15. The van der Waals surface area contributed by atoms with Crippen LogP contribution in [0.4, 0.5) is 5.69 Å². The van der Waals surface area contributed by atoms with Gasteiger partial charge in [0, 0.05) is 22.1 Å². The average molecular weight is 330 g/mol. The molecule has 0 bridgehead atoms. The molecule has 2 aromatic rings. The maximum atomic E-state index is 5.78. The van der Waals surface area contributed by atoms with Gasteiger partial charge < -0.3 is 5.73 Å². The Labute approximate surface area is 118 Å². The Morgan fingerprint density at radius 1 is 1.29 bits per heavy atom. The van der Waals surface area contributed by atoms with Crippen LogP contribution in [-0.4, -0.2) is 4.98 Å². The molecule has 0 saturated carbocycles. The summed E-state index contributed by atoms with van der Waals surface area (Å²) in [5.41, 5.74) is 7.64. The summed E-state index contributed by atoms with van der Waals surface area (Å²) < 4.78 is 1.03. The van der Waals surface area contributed by atoms with Crippen LogP contribution in [0.15, 0.2) is 46.0 Å². The van der Waals surface area contributed by atoms with Crippen LogP contribution in [0, 0.1) is 0 Å². The summed E-state index contributed by atoms with van der Waals surface area (Å²) in [5.74, 6) is 0.843. The second kappa shape index (κ2) is 5.76. The second-order valence-electron chi connectivity index (χ2n) is 3.45. The van der Waals surface area contributed by atoms with Crippen molar-refractivity contribution in [3.05, 3.63) is 51.6 Å². The van der Waals surface area contributed by atoms with Crippen LogP contribution in [0.1, 0.15) is 5.56 Å². The van der Waals surface area contributed by atoms with E-state index in [2.05, 4.69) is 20.9 Å². The Bertz CT molecular complexity index is 516. The number of thioether (sulfide) groups is 1. The number of nitrogens with two attached hydrogens (primary N) is 1. The summed E-state index contributed by atoms with van der Waals surface area (Å²) in [6.45, 7) is 0. The number of rotatable bonds is 3. The highest BCUT2D eigenvalue weighted by atomic mass is 79.9. The van der Waals surface area contributed by atoms with E-state index in [-0.39, 0.29) is 0 Å². The lowest BCUT2D eigenvalue weighted by molar-refractivity contribution is 1.13. The molecule has 88 valence electrons. The van der Waals surface area contributed by atoms with E-state index >= 15 is 0 Å². The summed E-state index contributed by atoms with van der Waals surface area (Å²) in [6, 6.07) is 9.58. The molecule has 0 atom stereocenters. The number of halogens is 2. The van der Waals surface area contributed by atoms with Gasteiger partial charge in [0.05, 0.1) is 10.0 Å². The van der Waals surface area contributed by atoms with Crippen molar-refractivity contribution in [2.45, 2.75) is 10.8 Å². The van der Waals surface area contributed by atoms with Gasteiger partial charge in [0.25, 0.3) is 0 Å². The van der Waals surface area contributed by atoms with E-state index in [0.29, 0.717) is 5.02 Å². The molecular weight excluding hydrogens is 320 g/mol. The van der Waals surface area contributed by atoms with Gasteiger partial charge in [-0.05, 0) is 29.8 Å². The van der Waals surface area contributed by atoms with E-state index in [9.17, 15) is 0 Å². The minimum absolute atomic E-state index is 0.656. The van der Waals surface area contributed by atoms with Crippen molar-refractivity contribution in [2.24, 2.45) is 0 Å². The third-order valence-corrected chi connectivity index (χ3v) is 4.11. The lowest BCUT2D eigenvalue weighted by atomic mass is 10.2. The normalized spacial score (nSPS) is 10.5. The number of aromatic nitrogens is 1. The number of benzene rings is 1. The van der Waals surface area contributed by atoms with Crippen molar-refractivity contribution < 1.29 is 0 Å². The van der Waals surface area contributed by atoms with Gasteiger partial charge in [-0.1, -0.05) is 33.6 Å². The molecule has 1 aromatic carbocycles. The molecule has 2 rings (SSSR count). The van der Waals surface area contributed by atoms with Gasteiger partial charge in [-0.2, -0.15) is 0 Å². The maximum Gasteiger partial charge on any atom is 0.0964 e. The fourth-order valence-corrected chi connectivity index (χ4v) is 2.96. The molecule has 0 unspecified atom stereocenters. The van der Waals surface area contributed by atoms with Crippen molar-refractivity contribution >= 4 is 45.0 Å². The molecule has 0 radical (unpaired) electrons. The van der Waals surface area contributed by atoms with Crippen molar-refractivity contribution in [1.29, 1.82) is 0 Å². The number of hydrogen-bond acceptors (Lipinski definition) is 3. The van der Waals surface area contributed by atoms with E-state index in [4.69, 9.17) is 17.3 Å². The highest BCUT2D eigenvalue weighted by Gasteiger charge is 2.02. The van der Waals surface area contributed by atoms with Crippen LogP contribution >= 0.6 is 39.3 Å². The third kappa shape index (κ3) is 3.63. The quantitative estimate of drug-likeness (QED) is 0.671. The molecule has 0 fully saturated rings. The molecule has 5 heteroatoms. The second-order valence-corrected chi connectivity index (χ2v) is 5.74. The van der Waals surface area contributed by atoms with Crippen LogP contribution in [0.5, 0.6) is 0 Å². The number of nitrogens with zero attached hydrogens (tertiary/aromatic N) is 1. The Morgan fingerprint density at radius 3 is 2.76 bits per heavy atom. The van der Waals surface area contributed by atoms with Crippen molar-refractivity contribution in [3.8, 4) is 0 Å². The van der Waals surface area contributed by atoms with Crippen molar-refractivity contribution in [1.82, 2.24) is 4.98 Å². The van der Waals surface area contributed by atoms with Crippen LogP contribution < -0.4 is 5.73 Å². The van der Waals surface area contributed by atoms with Crippen molar-refractivity contribution in [2.75, 3.05) is 5.73 Å². The van der Waals surface area contributed by atoms with Gasteiger partial charge in [-0.15, -0.1) is 11.8 Å². The van der Waals surface area contributed by atoms with E-state index in [1.165, 1.54) is 5.56 Å². The predicted octanol–water partition coefficient (Wildman–Crippen LogP) is 4.37. The summed E-state index contributed by atoms with van der Waals surface area (Å²) >= 11 is 10.9. The topological polar surface area (TPSA) is 38.9 Å². The fourth-order valence-electron chi connectivity index (χ4n) is 1.28. The highest BCUT2D eigenvalue weighted by Crippen LogP contribution is 2.27. The molecule has 17 heavy (non-hydrogen) atoms. The first kappa shape index (κ1) is 12.7. The molecule has 0 spiro atoms. The summed E-state index contributed by atoms with van der Waals surface area (Å²) in [5, 5.41) is 1.61. The Kier molecular flexibility index (Phi) is 4.31. The van der Waals surface area contributed by atoms with Gasteiger partial charge in [-0.25, -0.2) is 4.98 Å². The van der Waals surface area contributed by atoms with Gasteiger partial charge in [0.2, 0.25) is 0 Å². The number of anilines is 1. The first-order valence-corrected chi connectivity index (χ1v) is 7.09. The predicted molar refractivity (Wildman–Crippen MR) is 77.4 cm³/mol. The van der Waals surface area contributed by atoms with Gasteiger partial charge in [-0.3, -0.25) is 0 Å². The van der Waals surface area contributed by atoms with E-state index < -0.39 is 0 Å². The number of hydrogen-bond donors (Lipinski definition) is 1. The average Bonchev–Trinajstić information content (AvgIpc) is 2.30. The molecule has 2 nitrogen and oxygen atoms in total. The van der Waals surface area contributed by atoms with Gasteiger partial charge >= 0.3 is 0 Å². The minimum Gasteiger partial charge on any atom is -0.399 e. The highest BCUT2D eigenvalue weighted by molar-refractivity contribution is 9.10. The zero-order chi connectivity index (χ0) is 12.3. The molecular formula is C12H10BrClN2S. The van der Waals surface area contributed by atoms with Crippen molar-refractivity contribution in [3.63, 3.8) is 0 Å². The Balaban J connectivity index is 2.04. The van der Waals surface area contributed by atoms with E-state index in [0.717, 1.165) is 20.9 Å². The summed E-state index contributed by atoms with van der Waals surface area (Å²) in [4.78, 5) is 4.23. The van der Waals surface area contributed by atoms with Crippen LogP contribution in [0.2, 0.25) is 5.02 Å². The minimum atomic E-state index is 0.656. The van der Waals surface area contributed by atoms with Gasteiger partial charge in [0.15, 0.2) is 0 Å². The zero-order valence-corrected chi connectivity index (χ0v) is 12.0. The number of pyridine rings is 1. The smallest absolute Gasteiger partial charge is 0.0964 e. The largest absolute Gasteiger partial charge is 0.399 e. The number of nitrogen functional groups attached to an aromatic ring is 1. The molecule has 0 saturated heterocycles. The molecule has 0 amide bonds. The lowest BCUT2D eigenvalue weighted by Crippen LogP contribution is -1.88. The molecule has 0 aliphatic heterocycles. The van der Waals surface area contributed by atoms with Gasteiger partial charge in [0.1, 0.15) is 0 Å². The Morgan fingerprint density at radius 2 is 2.12 bits per heavy atom. The molecule has 0 aliphatic rings. The first-order chi connectivity index (χ1) is 8.15. The standard InChI is InChI=1S/C12H10BrClN2S/c13-11-5-10(15)3-1-8(11)7-17-12-4-2-9(14)6-16-12/h1-6H,7,15H2. The van der Waals surface area contributed by atoms with Crippen LogP contribution in [-0.2, 0) is 5.75 Å². The van der Waals surface area contributed by atoms with E-state index in [1.54, 1.807) is 18.0 Å². The molecule has 1 aromatic heterocycles. The fraction of sp³-hybridized carbons (Fsp3) is 0.0833. The lowest BCUT2D eigenvalue weighted by Gasteiger charge is -2.05. The maximum absolute atomic E-state index is 5.78. The summed E-state index contributed by atoms with van der Waals surface area (Å²) in [6.07, 6.45) is 1.65. The monoisotopic (exact) mass is 328 g/mol. The molecule has 2 N–H and O–H groups in total.